The number of halogens is 2. The maximum absolute atomic E-state index is 12.8. The number of Topliss-reactive ketones (excluding diaryl/α,β-unsaturated/α-hetero) is 1. The Bertz CT molecular complexity index is 702. The second-order valence-corrected chi connectivity index (χ2v) is 6.36. The van der Waals surface area contributed by atoms with E-state index >= 15 is 0 Å². The number of nitrogens with zero attached hydrogens (tertiary/aromatic N) is 1. The van der Waals surface area contributed by atoms with Gasteiger partial charge in [-0.15, -0.1) is 0 Å². The molecule has 0 spiro atoms. The minimum Gasteiger partial charge on any atom is -0.292 e. The highest BCUT2D eigenvalue weighted by atomic mass is 79.9. The van der Waals surface area contributed by atoms with Crippen molar-refractivity contribution in [2.45, 2.75) is 4.32 Å². The first-order valence-corrected chi connectivity index (χ1v) is 7.45. The fourth-order valence-electron chi connectivity index (χ4n) is 2.30. The number of ketones is 1. The Morgan fingerprint density at radius 3 is 2.30 bits per heavy atom. The number of anilines is 1. The van der Waals surface area contributed by atoms with Crippen LogP contribution in [-0.2, 0) is 9.12 Å². The van der Waals surface area contributed by atoms with Gasteiger partial charge in [-0.2, -0.15) is 0 Å². The zero-order valence-corrected chi connectivity index (χ0v) is 13.4. The lowest BCUT2D eigenvalue weighted by atomic mass is 9.91. The maximum Gasteiger partial charge on any atom is 0.266 e. The van der Waals surface area contributed by atoms with E-state index < -0.39 is 4.32 Å². The Kier molecular flexibility index (Phi) is 3.26. The fraction of sp³-hybridized carbons (Fsp3) is 0.0667. The smallest absolute Gasteiger partial charge is 0.266 e. The van der Waals surface area contributed by atoms with Gasteiger partial charge in [0.25, 0.3) is 5.91 Å². The van der Waals surface area contributed by atoms with Gasteiger partial charge in [0.1, 0.15) is 0 Å². The normalized spacial score (nSPS) is 20.9. The molecule has 1 aliphatic rings. The lowest BCUT2D eigenvalue weighted by molar-refractivity contribution is -0.117. The van der Waals surface area contributed by atoms with Crippen LogP contribution >= 0.6 is 32.1 Å². The average molecular weight is 395 g/mol. The quantitative estimate of drug-likeness (QED) is 0.336. The summed E-state index contributed by atoms with van der Waals surface area (Å²) in [6.45, 7) is 0. The summed E-state index contributed by atoms with van der Waals surface area (Å²) >= 11 is 6.60. The number of carbonyl (C=O) groups excluding carboxylic acids is 2. The molecule has 1 amide bonds. The summed E-state index contributed by atoms with van der Waals surface area (Å²) in [6, 6.07) is 16.0. The van der Waals surface area contributed by atoms with Gasteiger partial charge in [-0.3, -0.25) is 9.59 Å². The number of carbonyl (C=O) groups is 2. The molecule has 5 heteroatoms. The zero-order chi connectivity index (χ0) is 14.3. The number of para-hydroxylation sites is 1. The molecule has 3 rings (SSSR count). The third kappa shape index (κ3) is 1.77. The molecule has 1 aliphatic heterocycles. The number of alkyl halides is 1. The van der Waals surface area contributed by atoms with Crippen LogP contribution in [0.3, 0.4) is 0 Å². The monoisotopic (exact) mass is 393 g/mol. The molecule has 100 valence electrons. The second-order valence-electron chi connectivity index (χ2n) is 4.46. The third-order valence-electron chi connectivity index (χ3n) is 3.31. The summed E-state index contributed by atoms with van der Waals surface area (Å²) < 4.78 is -0.0353. The lowest BCUT2D eigenvalue weighted by Crippen LogP contribution is -2.38. The van der Waals surface area contributed by atoms with Gasteiger partial charge >= 0.3 is 0 Å². The van der Waals surface area contributed by atoms with Crippen LogP contribution in [0.5, 0.6) is 0 Å². The lowest BCUT2D eigenvalue weighted by Gasteiger charge is -2.19. The van der Waals surface area contributed by atoms with Crippen LogP contribution in [0.2, 0.25) is 0 Å². The molecule has 0 fully saturated rings. The summed E-state index contributed by atoms with van der Waals surface area (Å²) in [5.41, 5.74) is 1.82. The predicted molar refractivity (Wildman–Crippen MR) is 84.2 cm³/mol. The highest BCUT2D eigenvalue weighted by Crippen LogP contribution is 2.49. The Morgan fingerprint density at radius 1 is 1.00 bits per heavy atom. The fourth-order valence-corrected chi connectivity index (χ4v) is 3.86. The van der Waals surface area contributed by atoms with E-state index in [2.05, 4.69) is 32.1 Å². The second kappa shape index (κ2) is 4.82. The molecule has 2 aromatic rings. The van der Waals surface area contributed by atoms with E-state index in [1.165, 1.54) is 3.93 Å². The zero-order valence-electron chi connectivity index (χ0n) is 10.2. The van der Waals surface area contributed by atoms with Gasteiger partial charge in [0.15, 0.2) is 10.1 Å². The molecule has 1 unspecified atom stereocenters. The van der Waals surface area contributed by atoms with Crippen molar-refractivity contribution in [3.8, 4) is 0 Å². The molecule has 3 nitrogen and oxygen atoms in total. The van der Waals surface area contributed by atoms with Crippen molar-refractivity contribution < 1.29 is 9.59 Å². The standard InChI is InChI=1S/C15H9Br2NO2/c16-15(13(19)10-6-2-1-3-7-10)11-8-4-5-9-12(11)18(17)14(15)20/h1-9H. The first-order chi connectivity index (χ1) is 9.56. The van der Waals surface area contributed by atoms with Gasteiger partial charge in [-0.05, 0) is 6.07 Å². The van der Waals surface area contributed by atoms with E-state index in [4.69, 9.17) is 0 Å². The minimum atomic E-state index is -1.37. The highest BCUT2D eigenvalue weighted by molar-refractivity contribution is 9.11. The molecule has 0 saturated heterocycles. The van der Waals surface area contributed by atoms with Gasteiger partial charge in [0, 0.05) is 11.1 Å². The molecular weight excluding hydrogens is 386 g/mol. The topological polar surface area (TPSA) is 37.4 Å². The predicted octanol–water partition coefficient (Wildman–Crippen LogP) is 3.82. The van der Waals surface area contributed by atoms with Crippen LogP contribution in [0.25, 0.3) is 0 Å². The molecule has 0 radical (unpaired) electrons. The highest BCUT2D eigenvalue weighted by Gasteiger charge is 2.54. The Labute approximate surface area is 133 Å². The van der Waals surface area contributed by atoms with E-state index in [0.29, 0.717) is 16.8 Å². The molecule has 0 saturated carbocycles. The Balaban J connectivity index is 2.17. The molecule has 0 bridgehead atoms. The van der Waals surface area contributed by atoms with Crippen LogP contribution in [0.15, 0.2) is 54.6 Å². The number of hydrogen-bond acceptors (Lipinski definition) is 2. The molecular formula is C15H9Br2NO2. The molecule has 1 atom stereocenters. The molecule has 20 heavy (non-hydrogen) atoms. The van der Waals surface area contributed by atoms with E-state index in [9.17, 15) is 9.59 Å². The Hall–Kier alpha value is -1.46. The van der Waals surface area contributed by atoms with Gasteiger partial charge in [-0.1, -0.05) is 64.5 Å². The van der Waals surface area contributed by atoms with Gasteiger partial charge in [0.05, 0.1) is 21.8 Å². The van der Waals surface area contributed by atoms with Crippen molar-refractivity contribution in [1.29, 1.82) is 0 Å². The maximum atomic E-state index is 12.8. The molecule has 2 aromatic carbocycles. The average Bonchev–Trinajstić information content (AvgIpc) is 2.71. The van der Waals surface area contributed by atoms with Crippen LogP contribution in [0.1, 0.15) is 15.9 Å². The van der Waals surface area contributed by atoms with E-state index in [1.807, 2.05) is 18.2 Å². The van der Waals surface area contributed by atoms with E-state index in [1.54, 1.807) is 36.4 Å². The third-order valence-corrected chi connectivity index (χ3v) is 5.14. The number of fused-ring (bicyclic) bond motifs is 1. The number of amides is 1. The van der Waals surface area contributed by atoms with Crippen molar-refractivity contribution in [3.63, 3.8) is 0 Å². The summed E-state index contributed by atoms with van der Waals surface area (Å²) in [4.78, 5) is 25.3. The van der Waals surface area contributed by atoms with Crippen molar-refractivity contribution in [1.82, 2.24) is 0 Å². The Morgan fingerprint density at radius 2 is 1.60 bits per heavy atom. The van der Waals surface area contributed by atoms with Crippen molar-refractivity contribution >= 4 is 49.5 Å². The molecule has 0 N–H and O–H groups in total. The van der Waals surface area contributed by atoms with Crippen molar-refractivity contribution in [2.75, 3.05) is 3.93 Å². The van der Waals surface area contributed by atoms with E-state index in [0.717, 1.165) is 0 Å². The number of benzene rings is 2. The molecule has 0 aromatic heterocycles. The largest absolute Gasteiger partial charge is 0.292 e. The van der Waals surface area contributed by atoms with Crippen LogP contribution in [0, 0.1) is 0 Å². The molecule has 0 aliphatic carbocycles. The van der Waals surface area contributed by atoms with Crippen LogP contribution < -0.4 is 3.93 Å². The number of hydrogen-bond donors (Lipinski definition) is 0. The van der Waals surface area contributed by atoms with Crippen LogP contribution in [0.4, 0.5) is 5.69 Å². The van der Waals surface area contributed by atoms with E-state index in [-0.39, 0.29) is 11.7 Å². The first kappa shape index (κ1) is 13.5. The molecule has 1 heterocycles. The van der Waals surface area contributed by atoms with Crippen molar-refractivity contribution in [2.24, 2.45) is 0 Å². The summed E-state index contributed by atoms with van der Waals surface area (Å²) in [7, 11) is 0. The van der Waals surface area contributed by atoms with Gasteiger partial charge in [-0.25, -0.2) is 3.93 Å². The first-order valence-electron chi connectivity index (χ1n) is 5.95. The summed E-state index contributed by atoms with van der Waals surface area (Å²) in [5.74, 6) is -0.606. The number of rotatable bonds is 2. The summed E-state index contributed by atoms with van der Waals surface area (Å²) in [6.07, 6.45) is 0. The minimum absolute atomic E-state index is 0.266. The van der Waals surface area contributed by atoms with Gasteiger partial charge < -0.3 is 0 Å². The van der Waals surface area contributed by atoms with Crippen molar-refractivity contribution in [3.05, 3.63) is 65.7 Å². The summed E-state index contributed by atoms with van der Waals surface area (Å²) in [5, 5.41) is 0. The van der Waals surface area contributed by atoms with Gasteiger partial charge in [0.2, 0.25) is 0 Å². The van der Waals surface area contributed by atoms with Crippen LogP contribution in [-0.4, -0.2) is 11.7 Å². The SMILES string of the molecule is O=C(c1ccccc1)C1(Br)C(=O)N(Br)c2ccccc21.